The number of aryl methyl sites for hydroxylation is 1. The number of thiophene rings is 1. The Hall–Kier alpha value is -3.45. The van der Waals surface area contributed by atoms with Gasteiger partial charge in [-0.2, -0.15) is 0 Å². The molecule has 0 aliphatic carbocycles. The van der Waals surface area contributed by atoms with Crippen molar-refractivity contribution < 1.29 is 9.53 Å². The Kier molecular flexibility index (Phi) is 6.37. The van der Waals surface area contributed by atoms with Crippen molar-refractivity contribution >= 4 is 33.1 Å². The maximum atomic E-state index is 13.2. The van der Waals surface area contributed by atoms with Crippen molar-refractivity contribution in [2.45, 2.75) is 33.7 Å². The quantitative estimate of drug-likeness (QED) is 0.424. The largest absolute Gasteiger partial charge is 0.494 e. The van der Waals surface area contributed by atoms with Crippen LogP contribution >= 0.6 is 11.3 Å². The summed E-state index contributed by atoms with van der Waals surface area (Å²) in [7, 11) is 0. The molecule has 0 bridgehead atoms. The van der Waals surface area contributed by atoms with Gasteiger partial charge in [0.2, 0.25) is 5.91 Å². The highest BCUT2D eigenvalue weighted by Gasteiger charge is 2.15. The van der Waals surface area contributed by atoms with E-state index in [1.54, 1.807) is 0 Å². The standard InChI is InChI=1S/C25H25N3O3S/c1-4-12-31-19-10-8-18(9-11-19)20-14-32-24-23(20)25(30)28(15-26-24)13-22(29)27-21-7-5-6-16(2)17(21)3/h5-11,14-15H,4,12-13H2,1-3H3,(H,27,29). The lowest BCUT2D eigenvalue weighted by molar-refractivity contribution is -0.116. The smallest absolute Gasteiger partial charge is 0.263 e. The van der Waals surface area contributed by atoms with Gasteiger partial charge >= 0.3 is 0 Å². The molecule has 2 heterocycles. The molecule has 0 atom stereocenters. The molecule has 0 fully saturated rings. The van der Waals surface area contributed by atoms with E-state index < -0.39 is 0 Å². The Labute approximate surface area is 190 Å². The highest BCUT2D eigenvalue weighted by molar-refractivity contribution is 7.17. The van der Waals surface area contributed by atoms with E-state index >= 15 is 0 Å². The first kappa shape index (κ1) is 21.8. The summed E-state index contributed by atoms with van der Waals surface area (Å²) in [6.45, 7) is 6.58. The maximum absolute atomic E-state index is 13.2. The number of benzene rings is 2. The molecule has 4 rings (SSSR count). The first-order valence-corrected chi connectivity index (χ1v) is 11.4. The third kappa shape index (κ3) is 4.43. The maximum Gasteiger partial charge on any atom is 0.263 e. The number of ether oxygens (including phenoxy) is 1. The third-order valence-corrected chi connectivity index (χ3v) is 6.28. The normalized spacial score (nSPS) is 11.0. The van der Waals surface area contributed by atoms with Gasteiger partial charge in [-0.1, -0.05) is 31.2 Å². The molecular weight excluding hydrogens is 422 g/mol. The second-order valence-corrected chi connectivity index (χ2v) is 8.53. The first-order chi connectivity index (χ1) is 15.5. The van der Waals surface area contributed by atoms with Gasteiger partial charge in [0.25, 0.3) is 5.56 Å². The summed E-state index contributed by atoms with van der Waals surface area (Å²) in [5, 5.41) is 5.36. The highest BCUT2D eigenvalue weighted by Crippen LogP contribution is 2.31. The average molecular weight is 448 g/mol. The predicted molar refractivity (Wildman–Crippen MR) is 130 cm³/mol. The number of hydrogen-bond acceptors (Lipinski definition) is 5. The number of fused-ring (bicyclic) bond motifs is 1. The molecule has 0 radical (unpaired) electrons. The molecule has 4 aromatic rings. The molecule has 0 saturated heterocycles. The average Bonchev–Trinajstić information content (AvgIpc) is 3.23. The lowest BCUT2D eigenvalue weighted by Gasteiger charge is -2.11. The highest BCUT2D eigenvalue weighted by atomic mass is 32.1. The second-order valence-electron chi connectivity index (χ2n) is 7.68. The molecule has 7 heteroatoms. The Bertz CT molecular complexity index is 1320. The summed E-state index contributed by atoms with van der Waals surface area (Å²) >= 11 is 1.42. The van der Waals surface area contributed by atoms with Crippen LogP contribution < -0.4 is 15.6 Å². The number of nitrogens with zero attached hydrogens (tertiary/aromatic N) is 2. The SMILES string of the molecule is CCCOc1ccc(-c2csc3ncn(CC(=O)Nc4cccc(C)c4C)c(=O)c23)cc1. The lowest BCUT2D eigenvalue weighted by atomic mass is 10.1. The van der Waals surface area contributed by atoms with Crippen LogP contribution in [0.1, 0.15) is 24.5 Å². The third-order valence-electron chi connectivity index (χ3n) is 5.39. The van der Waals surface area contributed by atoms with Crippen molar-refractivity contribution in [3.05, 3.63) is 75.7 Å². The van der Waals surface area contributed by atoms with Crippen LogP contribution in [0.15, 0.2) is 59.0 Å². The number of amides is 1. The molecule has 1 N–H and O–H groups in total. The topological polar surface area (TPSA) is 73.2 Å². The number of nitrogens with one attached hydrogen (secondary N) is 1. The predicted octanol–water partition coefficient (Wildman–Crippen LogP) is 5.17. The molecule has 32 heavy (non-hydrogen) atoms. The molecule has 0 aliphatic heterocycles. The van der Waals surface area contributed by atoms with Crippen LogP contribution in [0.2, 0.25) is 0 Å². The van der Waals surface area contributed by atoms with E-state index in [-0.39, 0.29) is 18.0 Å². The van der Waals surface area contributed by atoms with Crippen molar-refractivity contribution in [1.82, 2.24) is 9.55 Å². The Morgan fingerprint density at radius 3 is 2.69 bits per heavy atom. The summed E-state index contributed by atoms with van der Waals surface area (Å²) < 4.78 is 7.00. The van der Waals surface area contributed by atoms with Gasteiger partial charge in [0, 0.05) is 16.6 Å². The van der Waals surface area contributed by atoms with E-state index in [1.807, 2.05) is 61.7 Å². The molecule has 2 aromatic heterocycles. The van der Waals surface area contributed by atoms with Crippen LogP contribution in [0.4, 0.5) is 5.69 Å². The van der Waals surface area contributed by atoms with Gasteiger partial charge in [-0.15, -0.1) is 11.3 Å². The van der Waals surface area contributed by atoms with Gasteiger partial charge < -0.3 is 10.1 Å². The van der Waals surface area contributed by atoms with E-state index in [9.17, 15) is 9.59 Å². The van der Waals surface area contributed by atoms with Crippen LogP contribution in [0.5, 0.6) is 5.75 Å². The fourth-order valence-corrected chi connectivity index (χ4v) is 4.38. The van der Waals surface area contributed by atoms with Crippen molar-refractivity contribution in [3.8, 4) is 16.9 Å². The first-order valence-electron chi connectivity index (χ1n) is 10.5. The Balaban J connectivity index is 1.60. The van der Waals surface area contributed by atoms with Crippen molar-refractivity contribution in [3.63, 3.8) is 0 Å². The second kappa shape index (κ2) is 9.36. The fourth-order valence-electron chi connectivity index (χ4n) is 3.47. The monoisotopic (exact) mass is 447 g/mol. The minimum absolute atomic E-state index is 0.103. The summed E-state index contributed by atoms with van der Waals surface area (Å²) in [4.78, 5) is 30.9. The van der Waals surface area contributed by atoms with E-state index in [0.717, 1.165) is 40.1 Å². The molecule has 6 nitrogen and oxygen atoms in total. The van der Waals surface area contributed by atoms with Crippen LogP contribution in [0.3, 0.4) is 0 Å². The van der Waals surface area contributed by atoms with Crippen molar-refractivity contribution in [1.29, 1.82) is 0 Å². The number of aromatic nitrogens is 2. The summed E-state index contributed by atoms with van der Waals surface area (Å²) in [5.74, 6) is 0.532. The van der Waals surface area contributed by atoms with Crippen molar-refractivity contribution in [2.24, 2.45) is 0 Å². The zero-order chi connectivity index (χ0) is 22.7. The summed E-state index contributed by atoms with van der Waals surface area (Å²) in [6.07, 6.45) is 2.38. The molecule has 0 saturated carbocycles. The van der Waals surface area contributed by atoms with E-state index in [4.69, 9.17) is 4.74 Å². The summed E-state index contributed by atoms with van der Waals surface area (Å²) in [5.41, 5.74) is 4.35. The number of carbonyl (C=O) groups excluding carboxylic acids is 1. The Morgan fingerprint density at radius 2 is 1.94 bits per heavy atom. The van der Waals surface area contributed by atoms with Gasteiger partial charge in [0.05, 0.1) is 18.3 Å². The number of rotatable bonds is 7. The zero-order valence-corrected chi connectivity index (χ0v) is 19.2. The van der Waals surface area contributed by atoms with Gasteiger partial charge in [0.1, 0.15) is 17.1 Å². The van der Waals surface area contributed by atoms with E-state index in [1.165, 1.54) is 22.2 Å². The zero-order valence-electron chi connectivity index (χ0n) is 18.3. The summed E-state index contributed by atoms with van der Waals surface area (Å²) in [6, 6.07) is 13.4. The minimum Gasteiger partial charge on any atom is -0.494 e. The van der Waals surface area contributed by atoms with Gasteiger partial charge in [0.15, 0.2) is 0 Å². The number of carbonyl (C=O) groups is 1. The van der Waals surface area contributed by atoms with Crippen LogP contribution in [-0.2, 0) is 11.3 Å². The molecule has 2 aromatic carbocycles. The van der Waals surface area contributed by atoms with Gasteiger partial charge in [-0.25, -0.2) is 4.98 Å². The molecular formula is C25H25N3O3S. The molecule has 0 spiro atoms. The van der Waals surface area contributed by atoms with Crippen LogP contribution in [0, 0.1) is 13.8 Å². The van der Waals surface area contributed by atoms with Gasteiger partial charge in [-0.3, -0.25) is 14.2 Å². The van der Waals surface area contributed by atoms with Gasteiger partial charge in [-0.05, 0) is 55.2 Å². The van der Waals surface area contributed by atoms with E-state index in [2.05, 4.69) is 17.2 Å². The molecule has 0 aliphatic rings. The number of anilines is 1. The Morgan fingerprint density at radius 1 is 1.16 bits per heavy atom. The molecule has 164 valence electrons. The molecule has 1 amide bonds. The molecule has 0 unspecified atom stereocenters. The van der Waals surface area contributed by atoms with Crippen molar-refractivity contribution in [2.75, 3.05) is 11.9 Å². The fraction of sp³-hybridized carbons (Fsp3) is 0.240. The number of hydrogen-bond donors (Lipinski definition) is 1. The lowest BCUT2D eigenvalue weighted by Crippen LogP contribution is -2.28. The van der Waals surface area contributed by atoms with Crippen LogP contribution in [0.25, 0.3) is 21.3 Å². The minimum atomic E-state index is -0.267. The van der Waals surface area contributed by atoms with Crippen LogP contribution in [-0.4, -0.2) is 22.1 Å². The van der Waals surface area contributed by atoms with E-state index in [0.29, 0.717) is 16.8 Å².